The van der Waals surface area contributed by atoms with Crippen molar-refractivity contribution in [2.75, 3.05) is 13.2 Å². The standard InChI is InChI=1S/C5H8N2O3/c6-4(8)3-1-7-5(9)10-2-3/h3H,1-2H2,(H2,6,8)(H,7,9). The summed E-state index contributed by atoms with van der Waals surface area (Å²) in [6.45, 7) is 0.384. The molecule has 0 bridgehead atoms. The van der Waals surface area contributed by atoms with Gasteiger partial charge in [0, 0.05) is 6.54 Å². The maximum Gasteiger partial charge on any atom is 0.407 e. The number of amides is 2. The van der Waals surface area contributed by atoms with Gasteiger partial charge in [-0.15, -0.1) is 0 Å². The van der Waals surface area contributed by atoms with Crippen molar-refractivity contribution in [3.05, 3.63) is 0 Å². The van der Waals surface area contributed by atoms with Crippen molar-refractivity contribution < 1.29 is 14.3 Å². The summed E-state index contributed by atoms with van der Waals surface area (Å²) in [6.07, 6.45) is -0.488. The Labute approximate surface area is 57.5 Å². The van der Waals surface area contributed by atoms with Gasteiger partial charge in [0.15, 0.2) is 0 Å². The first kappa shape index (κ1) is 6.85. The van der Waals surface area contributed by atoms with Crippen LogP contribution in [0.25, 0.3) is 0 Å². The number of hydrogen-bond acceptors (Lipinski definition) is 3. The van der Waals surface area contributed by atoms with Crippen molar-refractivity contribution in [3.63, 3.8) is 0 Å². The number of alkyl carbamates (subject to hydrolysis) is 1. The molecule has 1 aliphatic heterocycles. The third-order valence-electron chi connectivity index (χ3n) is 1.31. The van der Waals surface area contributed by atoms with E-state index in [4.69, 9.17) is 5.73 Å². The van der Waals surface area contributed by atoms with E-state index < -0.39 is 12.0 Å². The summed E-state index contributed by atoms with van der Waals surface area (Å²) in [5.74, 6) is -0.822. The molecule has 1 unspecified atom stereocenters. The second-order valence-corrected chi connectivity index (χ2v) is 2.08. The fourth-order valence-electron chi connectivity index (χ4n) is 0.675. The number of rotatable bonds is 1. The highest BCUT2D eigenvalue weighted by Gasteiger charge is 2.22. The van der Waals surface area contributed by atoms with Crippen LogP contribution in [0.1, 0.15) is 0 Å². The van der Waals surface area contributed by atoms with Gasteiger partial charge in [-0.25, -0.2) is 4.79 Å². The topological polar surface area (TPSA) is 81.4 Å². The van der Waals surface area contributed by atoms with E-state index in [2.05, 4.69) is 10.1 Å². The van der Waals surface area contributed by atoms with Crippen LogP contribution in [-0.2, 0) is 9.53 Å². The lowest BCUT2D eigenvalue weighted by Crippen LogP contribution is -2.44. The summed E-state index contributed by atoms with van der Waals surface area (Å²) in [6, 6.07) is 0. The molecule has 0 aliphatic carbocycles. The van der Waals surface area contributed by atoms with E-state index in [1.807, 2.05) is 0 Å². The zero-order chi connectivity index (χ0) is 7.56. The van der Waals surface area contributed by atoms with Crippen molar-refractivity contribution >= 4 is 12.0 Å². The van der Waals surface area contributed by atoms with Crippen molar-refractivity contribution in [1.82, 2.24) is 5.32 Å². The summed E-state index contributed by atoms with van der Waals surface area (Å²) < 4.78 is 4.50. The second kappa shape index (κ2) is 2.55. The molecule has 56 valence electrons. The van der Waals surface area contributed by atoms with E-state index in [1.165, 1.54) is 0 Å². The smallest absolute Gasteiger partial charge is 0.407 e. The van der Waals surface area contributed by atoms with Gasteiger partial charge >= 0.3 is 6.09 Å². The van der Waals surface area contributed by atoms with Crippen LogP contribution < -0.4 is 11.1 Å². The first-order valence-electron chi connectivity index (χ1n) is 2.90. The van der Waals surface area contributed by atoms with Crippen LogP contribution in [0, 0.1) is 5.92 Å². The van der Waals surface area contributed by atoms with Crippen LogP contribution in [0.15, 0.2) is 0 Å². The fourth-order valence-corrected chi connectivity index (χ4v) is 0.675. The molecule has 10 heavy (non-hydrogen) atoms. The maximum atomic E-state index is 10.5. The zero-order valence-corrected chi connectivity index (χ0v) is 5.29. The summed E-state index contributed by atoms with van der Waals surface area (Å²) in [4.78, 5) is 20.8. The Hall–Kier alpha value is -1.26. The van der Waals surface area contributed by atoms with E-state index in [9.17, 15) is 9.59 Å². The van der Waals surface area contributed by atoms with Crippen LogP contribution in [-0.4, -0.2) is 25.2 Å². The van der Waals surface area contributed by atoms with E-state index in [0.717, 1.165) is 0 Å². The van der Waals surface area contributed by atoms with E-state index in [1.54, 1.807) is 0 Å². The van der Waals surface area contributed by atoms with Crippen LogP contribution in [0.4, 0.5) is 4.79 Å². The second-order valence-electron chi connectivity index (χ2n) is 2.08. The Bertz CT molecular complexity index is 158. The minimum atomic E-state index is -0.488. The number of carbonyl (C=O) groups is 2. The first-order valence-corrected chi connectivity index (χ1v) is 2.90. The van der Waals surface area contributed by atoms with Crippen molar-refractivity contribution in [2.45, 2.75) is 0 Å². The predicted octanol–water partition coefficient (Wildman–Crippen LogP) is -1.17. The number of nitrogens with one attached hydrogen (secondary N) is 1. The monoisotopic (exact) mass is 144 g/mol. The molecule has 0 aromatic heterocycles. The number of hydrogen-bond donors (Lipinski definition) is 2. The Kier molecular flexibility index (Phi) is 1.75. The van der Waals surface area contributed by atoms with Gasteiger partial charge in [-0.3, -0.25) is 4.79 Å². The van der Waals surface area contributed by atoms with Gasteiger partial charge < -0.3 is 15.8 Å². The highest BCUT2D eigenvalue weighted by molar-refractivity contribution is 5.79. The number of cyclic esters (lactones) is 1. The minimum absolute atomic E-state index is 0.0984. The molecule has 0 saturated carbocycles. The number of ether oxygens (including phenoxy) is 1. The van der Waals surface area contributed by atoms with Gasteiger partial charge in [-0.05, 0) is 0 Å². The molecule has 1 saturated heterocycles. The van der Waals surface area contributed by atoms with Crippen LogP contribution in [0.3, 0.4) is 0 Å². The third-order valence-corrected chi connectivity index (χ3v) is 1.31. The fraction of sp³-hybridized carbons (Fsp3) is 0.600. The molecule has 2 amide bonds. The summed E-state index contributed by atoms with van der Waals surface area (Å²) in [5, 5.41) is 2.35. The molecule has 0 aromatic carbocycles. The molecule has 5 heteroatoms. The Balaban J connectivity index is 2.40. The van der Waals surface area contributed by atoms with Gasteiger partial charge in [0.2, 0.25) is 5.91 Å². The molecular weight excluding hydrogens is 136 g/mol. The SMILES string of the molecule is NC(=O)C1CNC(=O)OC1. The average molecular weight is 144 g/mol. The molecule has 1 aliphatic rings. The van der Waals surface area contributed by atoms with E-state index in [0.29, 0.717) is 0 Å². The normalized spacial score (nSPS) is 24.8. The molecular formula is C5H8N2O3. The molecule has 5 nitrogen and oxygen atoms in total. The largest absolute Gasteiger partial charge is 0.449 e. The lowest BCUT2D eigenvalue weighted by Gasteiger charge is -2.19. The molecule has 1 atom stereocenters. The number of carbonyl (C=O) groups excluding carboxylic acids is 2. The van der Waals surface area contributed by atoms with Crippen LogP contribution in [0.5, 0.6) is 0 Å². The van der Waals surface area contributed by atoms with Gasteiger partial charge in [0.25, 0.3) is 0 Å². The lowest BCUT2D eigenvalue weighted by molar-refractivity contribution is -0.123. The van der Waals surface area contributed by atoms with Crippen LogP contribution >= 0.6 is 0 Å². The third kappa shape index (κ3) is 1.37. The Morgan fingerprint density at radius 1 is 1.80 bits per heavy atom. The van der Waals surface area contributed by atoms with Gasteiger partial charge in [-0.2, -0.15) is 0 Å². The highest BCUT2D eigenvalue weighted by atomic mass is 16.6. The highest BCUT2D eigenvalue weighted by Crippen LogP contribution is 2.00. The molecule has 3 N–H and O–H groups in total. The minimum Gasteiger partial charge on any atom is -0.449 e. The van der Waals surface area contributed by atoms with Crippen molar-refractivity contribution in [1.29, 1.82) is 0 Å². The predicted molar refractivity (Wildman–Crippen MR) is 32.0 cm³/mol. The molecule has 1 rings (SSSR count). The molecule has 0 spiro atoms. The molecule has 1 fully saturated rings. The molecule has 0 aromatic rings. The molecule has 0 radical (unpaired) electrons. The number of nitrogens with two attached hydrogens (primary N) is 1. The van der Waals surface area contributed by atoms with Gasteiger partial charge in [0.05, 0.1) is 5.92 Å². The average Bonchev–Trinajstić information content (AvgIpc) is 1.88. The Morgan fingerprint density at radius 2 is 2.50 bits per heavy atom. The summed E-state index contributed by atoms with van der Waals surface area (Å²) >= 11 is 0. The lowest BCUT2D eigenvalue weighted by atomic mass is 10.1. The van der Waals surface area contributed by atoms with Gasteiger partial charge in [0.1, 0.15) is 6.61 Å². The maximum absolute atomic E-state index is 10.5. The molecule has 1 heterocycles. The first-order chi connectivity index (χ1) is 4.70. The van der Waals surface area contributed by atoms with E-state index >= 15 is 0 Å². The number of primary amides is 1. The summed E-state index contributed by atoms with van der Waals surface area (Å²) in [7, 11) is 0. The summed E-state index contributed by atoms with van der Waals surface area (Å²) in [5.41, 5.74) is 4.94. The quantitative estimate of drug-likeness (QED) is 0.486. The van der Waals surface area contributed by atoms with Gasteiger partial charge in [-0.1, -0.05) is 0 Å². The Morgan fingerprint density at radius 3 is 2.90 bits per heavy atom. The van der Waals surface area contributed by atoms with E-state index in [-0.39, 0.29) is 19.1 Å². The zero-order valence-electron chi connectivity index (χ0n) is 5.29. The van der Waals surface area contributed by atoms with Crippen molar-refractivity contribution in [2.24, 2.45) is 11.7 Å². The van der Waals surface area contributed by atoms with Crippen LogP contribution in [0.2, 0.25) is 0 Å². The van der Waals surface area contributed by atoms with Crippen molar-refractivity contribution in [3.8, 4) is 0 Å².